The molecule has 0 unspecified atom stereocenters. The first-order chi connectivity index (χ1) is 4.00. The van der Waals surface area contributed by atoms with Gasteiger partial charge in [-0.2, -0.15) is 0 Å². The Hall–Kier alpha value is 0.240. The van der Waals surface area contributed by atoms with E-state index in [0.717, 1.165) is 0 Å². The molecule has 0 aliphatic carbocycles. The van der Waals surface area contributed by atoms with Crippen molar-refractivity contribution >= 4 is 20.2 Å². The van der Waals surface area contributed by atoms with E-state index in [1.54, 1.807) is 0 Å². The molecule has 0 aromatic heterocycles. The summed E-state index contributed by atoms with van der Waals surface area (Å²) in [5.74, 6) is 0. The fraction of sp³-hybridized carbons (Fsp3) is 1.00. The Morgan fingerprint density at radius 2 is 1.08 bits per heavy atom. The Balaban J connectivity index is -0.0000000457. The third-order valence-corrected chi connectivity index (χ3v) is 0. The highest BCUT2D eigenvalue weighted by atomic mass is 35.5. The molecule has 0 aromatic carbocycles. The van der Waals surface area contributed by atoms with Crippen LogP contribution in [0.1, 0.15) is 7.43 Å². The van der Waals surface area contributed by atoms with Crippen molar-refractivity contribution in [2.24, 2.45) is 5.73 Å². The van der Waals surface area contributed by atoms with E-state index in [2.05, 4.69) is 5.73 Å². The molecular formula is C2H13ClNO7P. The number of hydrogen-bond donors (Lipinski definition) is 7. The molecule has 0 rings (SSSR count). The van der Waals surface area contributed by atoms with E-state index in [1.807, 2.05) is 0 Å². The lowest BCUT2D eigenvalue weighted by atomic mass is 11.1. The topological polar surface area (TPSA) is 164 Å². The van der Waals surface area contributed by atoms with E-state index in [4.69, 9.17) is 34.6 Å². The van der Waals surface area contributed by atoms with Crippen LogP contribution in [0.25, 0.3) is 0 Å². The van der Waals surface area contributed by atoms with E-state index >= 15 is 0 Å². The van der Waals surface area contributed by atoms with Crippen LogP contribution in [0.2, 0.25) is 0 Å². The van der Waals surface area contributed by atoms with Crippen molar-refractivity contribution in [2.75, 3.05) is 0 Å². The van der Waals surface area contributed by atoms with Crippen molar-refractivity contribution in [1.29, 1.82) is 0 Å². The van der Waals surface area contributed by atoms with Crippen molar-refractivity contribution in [3.8, 4) is 0 Å². The first-order valence-corrected chi connectivity index (χ1v) is 3.31. The van der Waals surface area contributed by atoms with Crippen LogP contribution in [0.4, 0.5) is 0 Å². The monoisotopic (exact) mass is 229 g/mol. The van der Waals surface area contributed by atoms with Gasteiger partial charge in [-0.05, 0) is 0 Å². The molecule has 0 fully saturated rings. The number of halogens is 1. The summed E-state index contributed by atoms with van der Waals surface area (Å²) in [6.45, 7) is 0. The van der Waals surface area contributed by atoms with Gasteiger partial charge in [0, 0.05) is 0 Å². The standard InChI is InChI=1S/CH5NO3.CH4.ClH.H3O4P/c2-1(3,4)5;;;1-5(2,3)4/h3-5H,2H2;1H4;1H;(H3,1,2,3,4). The smallest absolute Gasteiger partial charge is 0.330 e. The highest BCUT2D eigenvalue weighted by Crippen LogP contribution is 2.25. The van der Waals surface area contributed by atoms with E-state index in [-0.39, 0.29) is 19.8 Å². The molecule has 0 aliphatic heterocycles. The maximum absolute atomic E-state index is 8.88. The molecule has 0 amide bonds. The highest BCUT2D eigenvalue weighted by molar-refractivity contribution is 7.45. The van der Waals surface area contributed by atoms with Crippen molar-refractivity contribution in [2.45, 2.75) is 13.5 Å². The summed E-state index contributed by atoms with van der Waals surface area (Å²) in [6.07, 6.45) is -3.00. The summed E-state index contributed by atoms with van der Waals surface area (Å²) in [6, 6.07) is 0. The van der Waals surface area contributed by atoms with Crippen LogP contribution in [0.5, 0.6) is 0 Å². The average Bonchev–Trinajstić information content (AvgIpc) is 1.12. The Kier molecular flexibility index (Phi) is 14.9. The van der Waals surface area contributed by atoms with Gasteiger partial charge in [0.05, 0.1) is 0 Å². The third-order valence-electron chi connectivity index (χ3n) is 0. The fourth-order valence-corrected chi connectivity index (χ4v) is 0. The van der Waals surface area contributed by atoms with Gasteiger partial charge in [0.2, 0.25) is 0 Å². The lowest BCUT2D eigenvalue weighted by Gasteiger charge is -2.01. The van der Waals surface area contributed by atoms with E-state index in [9.17, 15) is 0 Å². The summed E-state index contributed by atoms with van der Waals surface area (Å²) in [5, 5.41) is 22.2. The molecule has 0 saturated carbocycles. The quantitative estimate of drug-likeness (QED) is 0.179. The van der Waals surface area contributed by atoms with E-state index in [0.29, 0.717) is 0 Å². The van der Waals surface area contributed by atoms with Gasteiger partial charge >= 0.3 is 13.9 Å². The Morgan fingerprint density at radius 3 is 1.08 bits per heavy atom. The molecule has 80 valence electrons. The Labute approximate surface area is 74.9 Å². The summed E-state index contributed by atoms with van der Waals surface area (Å²) in [5.41, 5.74) is 4.02. The predicted molar refractivity (Wildman–Crippen MR) is 41.8 cm³/mol. The number of aliphatic hydroxyl groups is 3. The maximum Gasteiger partial charge on any atom is 0.466 e. The van der Waals surface area contributed by atoms with Gasteiger partial charge in [-0.1, -0.05) is 7.43 Å². The molecular weight excluding hydrogens is 216 g/mol. The second kappa shape index (κ2) is 7.87. The van der Waals surface area contributed by atoms with Crippen LogP contribution in [0.3, 0.4) is 0 Å². The molecule has 8 N–H and O–H groups in total. The summed E-state index contributed by atoms with van der Waals surface area (Å²) in [4.78, 5) is 21.6. The van der Waals surface area contributed by atoms with Gasteiger partial charge in [0.15, 0.2) is 0 Å². The lowest BCUT2D eigenvalue weighted by molar-refractivity contribution is -0.306. The Morgan fingerprint density at radius 1 is 1.08 bits per heavy atom. The molecule has 0 aliphatic rings. The van der Waals surface area contributed by atoms with Crippen LogP contribution < -0.4 is 5.73 Å². The van der Waals surface area contributed by atoms with Crippen LogP contribution in [0.15, 0.2) is 0 Å². The molecule has 0 radical (unpaired) electrons. The fourth-order valence-electron chi connectivity index (χ4n) is 0. The van der Waals surface area contributed by atoms with Crippen LogP contribution in [-0.2, 0) is 4.57 Å². The lowest BCUT2D eigenvalue weighted by Crippen LogP contribution is -2.38. The van der Waals surface area contributed by atoms with Crippen LogP contribution in [0, 0.1) is 0 Å². The van der Waals surface area contributed by atoms with Gasteiger partial charge in [-0.15, -0.1) is 12.4 Å². The number of phosphoric acid groups is 1. The van der Waals surface area contributed by atoms with Gasteiger partial charge in [-0.25, -0.2) is 4.57 Å². The largest absolute Gasteiger partial charge is 0.466 e. The zero-order valence-corrected chi connectivity index (χ0v) is 6.74. The normalized spacial score (nSPS) is 9.92. The third kappa shape index (κ3) is 15200. The molecule has 0 aromatic rings. The molecule has 0 spiro atoms. The van der Waals surface area contributed by atoms with Crippen molar-refractivity contribution < 1.29 is 34.6 Å². The first kappa shape index (κ1) is 22.8. The summed E-state index contributed by atoms with van der Waals surface area (Å²) in [7, 11) is -4.64. The summed E-state index contributed by atoms with van der Waals surface area (Å²) >= 11 is 0. The molecule has 0 heterocycles. The molecule has 8 nitrogen and oxygen atoms in total. The zero-order valence-electron chi connectivity index (χ0n) is 5.02. The minimum atomic E-state index is -4.64. The van der Waals surface area contributed by atoms with Crippen molar-refractivity contribution in [3.63, 3.8) is 0 Å². The van der Waals surface area contributed by atoms with Crippen LogP contribution in [-0.4, -0.2) is 36.1 Å². The Bertz CT molecular complexity index is 114. The number of rotatable bonds is 0. The van der Waals surface area contributed by atoms with E-state index in [1.165, 1.54) is 0 Å². The molecule has 0 atom stereocenters. The SMILES string of the molecule is C.Cl.NC(O)(O)O.O=P(O)(O)O. The van der Waals surface area contributed by atoms with Gasteiger partial charge in [0.1, 0.15) is 0 Å². The first-order valence-electron chi connectivity index (χ1n) is 1.74. The van der Waals surface area contributed by atoms with Crippen molar-refractivity contribution in [1.82, 2.24) is 0 Å². The van der Waals surface area contributed by atoms with Gasteiger partial charge in [0.25, 0.3) is 0 Å². The molecule has 10 heteroatoms. The number of hydrogen-bond acceptors (Lipinski definition) is 5. The van der Waals surface area contributed by atoms with Gasteiger partial charge < -0.3 is 30.0 Å². The van der Waals surface area contributed by atoms with Crippen LogP contribution >= 0.6 is 20.2 Å². The zero-order chi connectivity index (χ0) is 9.00. The average molecular weight is 230 g/mol. The molecule has 0 bridgehead atoms. The second-order valence-electron chi connectivity index (χ2n) is 1.20. The molecule has 0 saturated heterocycles. The van der Waals surface area contributed by atoms with Crippen molar-refractivity contribution in [3.05, 3.63) is 0 Å². The number of nitrogens with two attached hydrogens (primary N) is 1. The molecule has 12 heavy (non-hydrogen) atoms. The van der Waals surface area contributed by atoms with E-state index < -0.39 is 13.9 Å². The van der Waals surface area contributed by atoms with Gasteiger partial charge in [-0.3, -0.25) is 5.73 Å². The minimum absolute atomic E-state index is 0. The maximum atomic E-state index is 8.88. The second-order valence-corrected chi connectivity index (χ2v) is 2.23. The predicted octanol–water partition coefficient (Wildman–Crippen LogP) is -2.34. The highest BCUT2D eigenvalue weighted by Gasteiger charge is 2.04. The summed E-state index contributed by atoms with van der Waals surface area (Å²) < 4.78 is 8.88. The minimum Gasteiger partial charge on any atom is -0.330 e.